The molecule has 1 aliphatic rings. The Bertz CT molecular complexity index is 1580. The summed E-state index contributed by atoms with van der Waals surface area (Å²) in [5.74, 6) is 0. The lowest BCUT2D eigenvalue weighted by Crippen LogP contribution is -2.41. The molecule has 0 saturated carbocycles. The summed E-state index contributed by atoms with van der Waals surface area (Å²) >= 11 is 0. The van der Waals surface area contributed by atoms with Crippen LogP contribution in [0.15, 0.2) is 127 Å². The van der Waals surface area contributed by atoms with E-state index in [1.807, 2.05) is 0 Å². The first-order chi connectivity index (χ1) is 18.8. The predicted octanol–water partition coefficient (Wildman–Crippen LogP) is 8.65. The molecular weight excluding hydrogens is 475 g/mol. The zero-order chi connectivity index (χ0) is 27.0. The van der Waals surface area contributed by atoms with E-state index in [0.29, 0.717) is 0 Å². The van der Waals surface area contributed by atoms with Crippen molar-refractivity contribution in [2.24, 2.45) is 0 Å². The normalized spacial score (nSPS) is 15.8. The molecule has 39 heavy (non-hydrogen) atoms. The molecule has 0 N–H and O–H groups in total. The van der Waals surface area contributed by atoms with Gasteiger partial charge in [-0.2, -0.15) is 0 Å². The van der Waals surface area contributed by atoms with Crippen molar-refractivity contribution in [1.29, 1.82) is 0 Å². The molecule has 0 spiro atoms. The molecule has 6 rings (SSSR count). The van der Waals surface area contributed by atoms with Gasteiger partial charge in [0.15, 0.2) is 0 Å². The quantitative estimate of drug-likeness (QED) is 0.221. The Hall–Kier alpha value is -3.92. The van der Waals surface area contributed by atoms with Crippen LogP contribution < -0.4 is 5.46 Å². The van der Waals surface area contributed by atoms with E-state index in [2.05, 4.69) is 155 Å². The number of benzene rings is 5. The second-order valence-electron chi connectivity index (χ2n) is 11.3. The molecule has 1 heterocycles. The van der Waals surface area contributed by atoms with Gasteiger partial charge in [0.05, 0.1) is 11.2 Å². The van der Waals surface area contributed by atoms with Gasteiger partial charge in [0, 0.05) is 0 Å². The van der Waals surface area contributed by atoms with Crippen LogP contribution in [0.25, 0.3) is 44.5 Å². The fourth-order valence-electron chi connectivity index (χ4n) is 5.26. The minimum atomic E-state index is -0.416. The summed E-state index contributed by atoms with van der Waals surface area (Å²) in [6.07, 6.45) is 0. The zero-order valence-electron chi connectivity index (χ0n) is 23.0. The molecule has 0 unspecified atom stereocenters. The molecule has 0 radical (unpaired) electrons. The smallest absolute Gasteiger partial charge is 0.399 e. The number of hydrogen-bond acceptors (Lipinski definition) is 2. The fraction of sp³-hybridized carbons (Fsp3) is 0.167. The van der Waals surface area contributed by atoms with E-state index >= 15 is 0 Å². The minimum Gasteiger partial charge on any atom is -0.399 e. The number of hydrogen-bond donors (Lipinski definition) is 0. The Labute approximate surface area is 232 Å². The lowest BCUT2D eigenvalue weighted by Gasteiger charge is -2.32. The zero-order valence-corrected chi connectivity index (χ0v) is 23.0. The van der Waals surface area contributed by atoms with Crippen LogP contribution >= 0.6 is 0 Å². The maximum atomic E-state index is 6.42. The minimum absolute atomic E-state index is 0.392. The van der Waals surface area contributed by atoms with Gasteiger partial charge in [-0.1, -0.05) is 115 Å². The number of rotatable bonds is 5. The maximum Gasteiger partial charge on any atom is 0.494 e. The largest absolute Gasteiger partial charge is 0.494 e. The van der Waals surface area contributed by atoms with Crippen LogP contribution in [0.3, 0.4) is 0 Å². The van der Waals surface area contributed by atoms with Crippen LogP contribution in [-0.2, 0) is 9.31 Å². The third kappa shape index (κ3) is 4.85. The van der Waals surface area contributed by atoms with Crippen LogP contribution in [0, 0.1) is 0 Å². The van der Waals surface area contributed by atoms with Crippen LogP contribution in [0.5, 0.6) is 0 Å². The van der Waals surface area contributed by atoms with Crippen LogP contribution in [-0.4, -0.2) is 18.3 Å². The Kier molecular flexibility index (Phi) is 6.50. The van der Waals surface area contributed by atoms with E-state index in [4.69, 9.17) is 9.31 Å². The van der Waals surface area contributed by atoms with Gasteiger partial charge >= 0.3 is 7.12 Å². The Morgan fingerprint density at radius 3 is 1.46 bits per heavy atom. The van der Waals surface area contributed by atoms with Gasteiger partial charge in [0.1, 0.15) is 0 Å². The van der Waals surface area contributed by atoms with Gasteiger partial charge in [-0.15, -0.1) is 0 Å². The van der Waals surface area contributed by atoms with E-state index in [9.17, 15) is 0 Å². The molecule has 0 bridgehead atoms. The highest BCUT2D eigenvalue weighted by Gasteiger charge is 2.51. The molecular formula is C36H33BO2. The summed E-state index contributed by atoms with van der Waals surface area (Å²) in [7, 11) is -0.416. The molecule has 2 nitrogen and oxygen atoms in total. The summed E-state index contributed by atoms with van der Waals surface area (Å²) in [5.41, 5.74) is 9.74. The van der Waals surface area contributed by atoms with E-state index in [1.54, 1.807) is 0 Å². The van der Waals surface area contributed by atoms with Crippen molar-refractivity contribution in [3.8, 4) is 44.5 Å². The molecule has 0 atom stereocenters. The first-order valence-electron chi connectivity index (χ1n) is 13.6. The Morgan fingerprint density at radius 1 is 0.436 bits per heavy atom. The van der Waals surface area contributed by atoms with E-state index in [1.165, 1.54) is 38.9 Å². The third-order valence-electron chi connectivity index (χ3n) is 8.12. The summed E-state index contributed by atoms with van der Waals surface area (Å²) in [5, 5.41) is 0. The fourth-order valence-corrected chi connectivity index (χ4v) is 5.26. The molecule has 5 aromatic rings. The van der Waals surface area contributed by atoms with Crippen molar-refractivity contribution in [2.45, 2.75) is 38.9 Å². The van der Waals surface area contributed by atoms with Gasteiger partial charge in [0.25, 0.3) is 0 Å². The molecule has 5 aromatic carbocycles. The van der Waals surface area contributed by atoms with Crippen molar-refractivity contribution >= 4 is 12.6 Å². The molecule has 0 amide bonds. The van der Waals surface area contributed by atoms with E-state index in [-0.39, 0.29) is 0 Å². The van der Waals surface area contributed by atoms with Crippen molar-refractivity contribution in [1.82, 2.24) is 0 Å². The molecule has 3 heteroatoms. The van der Waals surface area contributed by atoms with Gasteiger partial charge in [0.2, 0.25) is 0 Å². The molecule has 0 aliphatic carbocycles. The van der Waals surface area contributed by atoms with Crippen LogP contribution in [0.1, 0.15) is 27.7 Å². The topological polar surface area (TPSA) is 18.5 Å². The summed E-state index contributed by atoms with van der Waals surface area (Å²) in [6, 6.07) is 45.3. The van der Waals surface area contributed by atoms with Crippen molar-refractivity contribution in [2.75, 3.05) is 0 Å². The average Bonchev–Trinajstić information content (AvgIpc) is 3.20. The summed E-state index contributed by atoms with van der Waals surface area (Å²) in [6.45, 7) is 8.39. The SMILES string of the molecule is CC1(C)OB(c2cccc(-c3cc(-c4ccccc4)cc(-c4ccccc4)c3-c3ccccc3)c2)OC1(C)C. The maximum absolute atomic E-state index is 6.42. The Balaban J connectivity index is 1.59. The highest BCUT2D eigenvalue weighted by Crippen LogP contribution is 2.43. The first-order valence-corrected chi connectivity index (χ1v) is 13.6. The molecule has 1 aliphatic heterocycles. The van der Waals surface area contributed by atoms with Gasteiger partial charge in [-0.05, 0) is 89.8 Å². The monoisotopic (exact) mass is 508 g/mol. The van der Waals surface area contributed by atoms with Gasteiger partial charge in [-0.25, -0.2) is 0 Å². The lowest BCUT2D eigenvalue weighted by atomic mass is 9.77. The van der Waals surface area contributed by atoms with E-state index in [0.717, 1.165) is 11.0 Å². The molecule has 0 aromatic heterocycles. The van der Waals surface area contributed by atoms with Crippen molar-refractivity contribution in [3.05, 3.63) is 127 Å². The van der Waals surface area contributed by atoms with Crippen molar-refractivity contribution < 1.29 is 9.31 Å². The second kappa shape index (κ2) is 10.00. The standard InChI is InChI=1S/C36H33BO2/c1-35(2)36(3,4)39-37(38-35)31-22-14-21-29(23-31)33-25-30(26-15-8-5-9-16-26)24-32(27-17-10-6-11-18-27)34(33)28-19-12-7-13-20-28/h5-25H,1-4H3. The van der Waals surface area contributed by atoms with Crippen LogP contribution in [0.4, 0.5) is 0 Å². The predicted molar refractivity (Wildman–Crippen MR) is 164 cm³/mol. The lowest BCUT2D eigenvalue weighted by molar-refractivity contribution is 0.00578. The van der Waals surface area contributed by atoms with E-state index < -0.39 is 18.3 Å². The highest BCUT2D eigenvalue weighted by molar-refractivity contribution is 6.62. The second-order valence-corrected chi connectivity index (χ2v) is 11.3. The third-order valence-corrected chi connectivity index (χ3v) is 8.12. The van der Waals surface area contributed by atoms with Crippen LogP contribution in [0.2, 0.25) is 0 Å². The highest BCUT2D eigenvalue weighted by atomic mass is 16.7. The van der Waals surface area contributed by atoms with Gasteiger partial charge < -0.3 is 9.31 Å². The molecule has 192 valence electrons. The summed E-state index contributed by atoms with van der Waals surface area (Å²) < 4.78 is 12.8. The summed E-state index contributed by atoms with van der Waals surface area (Å²) in [4.78, 5) is 0. The molecule has 1 fully saturated rings. The Morgan fingerprint density at radius 2 is 0.897 bits per heavy atom. The first kappa shape index (κ1) is 25.4. The van der Waals surface area contributed by atoms with Gasteiger partial charge in [-0.3, -0.25) is 0 Å². The molecule has 1 saturated heterocycles. The average molecular weight is 508 g/mol. The van der Waals surface area contributed by atoms with Crippen molar-refractivity contribution in [3.63, 3.8) is 0 Å².